The standard InChI is InChI=1S/C23H32N2O3/c1-4-27-9-6-10-28-23(26)16-11-19-18-7-5-8-21-22(18)17(12-20(19)24-13-16)14-25(21)15(2)3/h5,7-8,14-16,19-20,24H,4,6,9-13H2,1-3H3. The van der Waals surface area contributed by atoms with Gasteiger partial charge in [0, 0.05) is 61.3 Å². The molecule has 5 heteroatoms. The van der Waals surface area contributed by atoms with E-state index in [1.54, 1.807) is 0 Å². The molecular weight excluding hydrogens is 352 g/mol. The molecule has 3 unspecified atom stereocenters. The maximum Gasteiger partial charge on any atom is 0.310 e. The van der Waals surface area contributed by atoms with E-state index in [9.17, 15) is 4.79 Å². The van der Waals surface area contributed by atoms with Crippen LogP contribution in [0, 0.1) is 5.92 Å². The van der Waals surface area contributed by atoms with Gasteiger partial charge in [-0.3, -0.25) is 4.79 Å². The second-order valence-electron chi connectivity index (χ2n) is 8.37. The molecule has 0 amide bonds. The van der Waals surface area contributed by atoms with Crippen LogP contribution in [0.3, 0.4) is 0 Å². The minimum Gasteiger partial charge on any atom is -0.465 e. The number of esters is 1. The third-order valence-corrected chi connectivity index (χ3v) is 6.23. The molecule has 2 heterocycles. The number of benzene rings is 1. The molecule has 0 saturated carbocycles. The van der Waals surface area contributed by atoms with Gasteiger partial charge in [-0.05, 0) is 50.8 Å². The van der Waals surface area contributed by atoms with Gasteiger partial charge in [-0.25, -0.2) is 0 Å². The van der Waals surface area contributed by atoms with Crippen molar-refractivity contribution in [2.45, 2.75) is 58.0 Å². The molecule has 4 rings (SSSR count). The molecular formula is C23H32N2O3. The van der Waals surface area contributed by atoms with E-state index in [0.29, 0.717) is 44.4 Å². The average Bonchev–Trinajstić information content (AvgIpc) is 3.08. The molecule has 1 aromatic carbocycles. The van der Waals surface area contributed by atoms with Crippen LogP contribution in [-0.2, 0) is 20.7 Å². The van der Waals surface area contributed by atoms with Crippen LogP contribution in [0.5, 0.6) is 0 Å². The smallest absolute Gasteiger partial charge is 0.310 e. The predicted molar refractivity (Wildman–Crippen MR) is 111 cm³/mol. The molecule has 0 bridgehead atoms. The van der Waals surface area contributed by atoms with Crippen molar-refractivity contribution < 1.29 is 14.3 Å². The zero-order chi connectivity index (χ0) is 19.7. The molecule has 2 aliphatic rings. The molecule has 1 saturated heterocycles. The van der Waals surface area contributed by atoms with E-state index in [-0.39, 0.29) is 11.9 Å². The van der Waals surface area contributed by atoms with E-state index in [0.717, 1.165) is 19.3 Å². The van der Waals surface area contributed by atoms with Crippen molar-refractivity contribution in [2.24, 2.45) is 5.92 Å². The summed E-state index contributed by atoms with van der Waals surface area (Å²) >= 11 is 0. The molecule has 1 aromatic heterocycles. The zero-order valence-corrected chi connectivity index (χ0v) is 17.2. The van der Waals surface area contributed by atoms with Crippen molar-refractivity contribution in [3.8, 4) is 0 Å². The highest BCUT2D eigenvalue weighted by Crippen LogP contribution is 2.43. The van der Waals surface area contributed by atoms with Crippen LogP contribution in [0.1, 0.15) is 56.7 Å². The van der Waals surface area contributed by atoms with Gasteiger partial charge in [0.05, 0.1) is 12.5 Å². The number of carbonyl (C=O) groups excluding carboxylic acids is 1. The second kappa shape index (κ2) is 8.26. The lowest BCUT2D eigenvalue weighted by Crippen LogP contribution is -2.48. The highest BCUT2D eigenvalue weighted by Gasteiger charge is 2.39. The topological polar surface area (TPSA) is 52.5 Å². The van der Waals surface area contributed by atoms with Gasteiger partial charge >= 0.3 is 5.97 Å². The maximum absolute atomic E-state index is 12.6. The van der Waals surface area contributed by atoms with E-state index < -0.39 is 0 Å². The monoisotopic (exact) mass is 384 g/mol. The summed E-state index contributed by atoms with van der Waals surface area (Å²) in [5.41, 5.74) is 4.15. The third-order valence-electron chi connectivity index (χ3n) is 6.23. The van der Waals surface area contributed by atoms with Gasteiger partial charge in [-0.2, -0.15) is 0 Å². The number of hydrogen-bond donors (Lipinski definition) is 1. The lowest BCUT2D eigenvalue weighted by molar-refractivity contribution is -0.150. The van der Waals surface area contributed by atoms with E-state index in [2.05, 4.69) is 48.1 Å². The highest BCUT2D eigenvalue weighted by molar-refractivity contribution is 5.89. The van der Waals surface area contributed by atoms with Gasteiger partial charge < -0.3 is 19.4 Å². The number of fused-ring (bicyclic) bond motifs is 2. The van der Waals surface area contributed by atoms with Gasteiger partial charge in [0.1, 0.15) is 0 Å². The quantitative estimate of drug-likeness (QED) is 0.583. The van der Waals surface area contributed by atoms with Crippen LogP contribution >= 0.6 is 0 Å². The largest absolute Gasteiger partial charge is 0.465 e. The van der Waals surface area contributed by atoms with Gasteiger partial charge in [-0.1, -0.05) is 12.1 Å². The molecule has 2 aromatic rings. The average molecular weight is 385 g/mol. The summed E-state index contributed by atoms with van der Waals surface area (Å²) < 4.78 is 13.2. The number of hydrogen-bond acceptors (Lipinski definition) is 4. The summed E-state index contributed by atoms with van der Waals surface area (Å²) in [6, 6.07) is 7.49. The first kappa shape index (κ1) is 19.5. The fraction of sp³-hybridized carbons (Fsp3) is 0.609. The Balaban J connectivity index is 1.50. The summed E-state index contributed by atoms with van der Waals surface area (Å²) in [7, 11) is 0. The number of piperidine rings is 1. The van der Waals surface area contributed by atoms with Crippen molar-refractivity contribution in [3.05, 3.63) is 35.5 Å². The molecule has 1 fully saturated rings. The van der Waals surface area contributed by atoms with Gasteiger partial charge in [0.2, 0.25) is 0 Å². The van der Waals surface area contributed by atoms with Crippen LogP contribution in [0.4, 0.5) is 0 Å². The van der Waals surface area contributed by atoms with E-state index >= 15 is 0 Å². The van der Waals surface area contributed by atoms with Gasteiger partial charge in [0.15, 0.2) is 0 Å². The maximum atomic E-state index is 12.6. The van der Waals surface area contributed by atoms with Crippen LogP contribution in [-0.4, -0.2) is 42.9 Å². The summed E-state index contributed by atoms with van der Waals surface area (Å²) in [6.45, 7) is 8.95. The van der Waals surface area contributed by atoms with Crippen LogP contribution in [0.15, 0.2) is 24.4 Å². The number of nitrogens with one attached hydrogen (secondary N) is 1. The molecule has 3 atom stereocenters. The normalized spacial score (nSPS) is 23.8. The lowest BCUT2D eigenvalue weighted by Gasteiger charge is -2.39. The summed E-state index contributed by atoms with van der Waals surface area (Å²) in [5, 5.41) is 5.06. The first-order valence-corrected chi connectivity index (χ1v) is 10.7. The molecule has 5 nitrogen and oxygen atoms in total. The van der Waals surface area contributed by atoms with Crippen molar-refractivity contribution >= 4 is 16.9 Å². The zero-order valence-electron chi connectivity index (χ0n) is 17.2. The number of carbonyl (C=O) groups is 1. The van der Waals surface area contributed by atoms with Crippen LogP contribution in [0.25, 0.3) is 10.9 Å². The van der Waals surface area contributed by atoms with Crippen molar-refractivity contribution in [1.82, 2.24) is 9.88 Å². The Kier molecular flexibility index (Phi) is 5.74. The highest BCUT2D eigenvalue weighted by atomic mass is 16.5. The SMILES string of the molecule is CCOCCCOC(=O)C1CNC2Cc3cn(C(C)C)c4cccc(c34)C2C1. The van der Waals surface area contributed by atoms with Crippen LogP contribution in [0.2, 0.25) is 0 Å². The van der Waals surface area contributed by atoms with E-state index in [1.165, 1.54) is 22.0 Å². The first-order valence-electron chi connectivity index (χ1n) is 10.7. The van der Waals surface area contributed by atoms with Gasteiger partial charge in [-0.15, -0.1) is 0 Å². The summed E-state index contributed by atoms with van der Waals surface area (Å²) in [6.07, 6.45) is 4.99. The molecule has 152 valence electrons. The Bertz CT molecular complexity index is 842. The Morgan fingerprint density at radius 2 is 2.18 bits per heavy atom. The summed E-state index contributed by atoms with van der Waals surface area (Å²) in [4.78, 5) is 12.6. The minimum absolute atomic E-state index is 0.0693. The van der Waals surface area contributed by atoms with E-state index in [4.69, 9.17) is 9.47 Å². The fourth-order valence-corrected chi connectivity index (χ4v) is 4.88. The number of ether oxygens (including phenoxy) is 2. The Morgan fingerprint density at radius 3 is 2.96 bits per heavy atom. The molecule has 0 radical (unpaired) electrons. The number of nitrogens with zero attached hydrogens (tertiary/aromatic N) is 1. The fourth-order valence-electron chi connectivity index (χ4n) is 4.88. The number of aromatic nitrogens is 1. The third kappa shape index (κ3) is 3.58. The molecule has 1 aliphatic carbocycles. The molecule has 1 aliphatic heterocycles. The Hall–Kier alpha value is -1.85. The molecule has 28 heavy (non-hydrogen) atoms. The molecule has 1 N–H and O–H groups in total. The van der Waals surface area contributed by atoms with Crippen molar-refractivity contribution in [2.75, 3.05) is 26.4 Å². The lowest BCUT2D eigenvalue weighted by atomic mass is 9.73. The minimum atomic E-state index is -0.0719. The van der Waals surface area contributed by atoms with Crippen LogP contribution < -0.4 is 5.32 Å². The summed E-state index contributed by atoms with van der Waals surface area (Å²) in [5.74, 6) is 0.228. The van der Waals surface area contributed by atoms with Gasteiger partial charge in [0.25, 0.3) is 0 Å². The predicted octanol–water partition coefficient (Wildman–Crippen LogP) is 3.81. The van der Waals surface area contributed by atoms with E-state index in [1.807, 2.05) is 6.92 Å². The Morgan fingerprint density at radius 1 is 1.32 bits per heavy atom. The van der Waals surface area contributed by atoms with Crippen molar-refractivity contribution in [3.63, 3.8) is 0 Å². The van der Waals surface area contributed by atoms with Crippen molar-refractivity contribution in [1.29, 1.82) is 0 Å². The first-order chi connectivity index (χ1) is 13.6. The Labute approximate surface area is 167 Å². The number of rotatable bonds is 7. The molecule has 0 spiro atoms. The second-order valence-corrected chi connectivity index (χ2v) is 8.37.